The molecule has 2 heterocycles. The number of aromatic nitrogens is 2. The summed E-state index contributed by atoms with van der Waals surface area (Å²) in [5.41, 5.74) is 1.05. The number of halogens is 3. The minimum atomic E-state index is -4.51. The molecule has 0 radical (unpaired) electrons. The molecule has 4 rings (SSSR count). The smallest absolute Gasteiger partial charge is 0.340 e. The van der Waals surface area contributed by atoms with Gasteiger partial charge in [0.05, 0.1) is 11.3 Å². The Balaban J connectivity index is 1.61. The Morgan fingerprint density at radius 1 is 1.04 bits per heavy atom. The molecular formula is C20H15F3N4O. The van der Waals surface area contributed by atoms with Crippen molar-refractivity contribution in [3.63, 3.8) is 0 Å². The summed E-state index contributed by atoms with van der Waals surface area (Å²) in [6.07, 6.45) is -2.60. The maximum Gasteiger partial charge on any atom is 0.418 e. The summed E-state index contributed by atoms with van der Waals surface area (Å²) >= 11 is 0. The number of nitrogens with zero attached hydrogens (tertiary/aromatic N) is 3. The average Bonchev–Trinajstić information content (AvgIpc) is 3.11. The second-order valence-corrected chi connectivity index (χ2v) is 6.29. The molecule has 1 aliphatic rings. The van der Waals surface area contributed by atoms with Crippen molar-refractivity contribution in [3.05, 3.63) is 77.7 Å². The molecule has 0 spiro atoms. The number of hydrogen-bond donors (Lipinski definition) is 1. The van der Waals surface area contributed by atoms with Gasteiger partial charge in [-0.3, -0.25) is 4.79 Å². The van der Waals surface area contributed by atoms with E-state index in [1.165, 1.54) is 24.3 Å². The highest BCUT2D eigenvalue weighted by atomic mass is 19.4. The molecule has 1 aromatic heterocycles. The van der Waals surface area contributed by atoms with Gasteiger partial charge in [-0.1, -0.05) is 30.3 Å². The first-order chi connectivity index (χ1) is 13.4. The van der Waals surface area contributed by atoms with Gasteiger partial charge in [0.15, 0.2) is 0 Å². The van der Waals surface area contributed by atoms with Crippen molar-refractivity contribution >= 4 is 23.1 Å². The van der Waals surface area contributed by atoms with E-state index in [1.54, 1.807) is 4.90 Å². The lowest BCUT2D eigenvalue weighted by Gasteiger charge is -2.17. The van der Waals surface area contributed by atoms with Gasteiger partial charge in [-0.05, 0) is 30.2 Å². The number of hydrogen-bond acceptors (Lipinski definition) is 4. The number of rotatable bonds is 3. The lowest BCUT2D eigenvalue weighted by molar-refractivity contribution is -0.136. The minimum absolute atomic E-state index is 0.110. The number of carbonyl (C=O) groups is 1. The van der Waals surface area contributed by atoms with E-state index in [2.05, 4.69) is 15.3 Å². The molecule has 2 aromatic carbocycles. The fraction of sp³-hybridized carbons (Fsp3) is 0.150. The van der Waals surface area contributed by atoms with Crippen molar-refractivity contribution < 1.29 is 18.0 Å². The fourth-order valence-corrected chi connectivity index (χ4v) is 3.21. The summed E-state index contributed by atoms with van der Waals surface area (Å²) in [7, 11) is 0. The molecule has 0 bridgehead atoms. The van der Waals surface area contributed by atoms with E-state index in [1.807, 2.05) is 24.3 Å². The van der Waals surface area contributed by atoms with Crippen molar-refractivity contribution in [2.24, 2.45) is 0 Å². The summed E-state index contributed by atoms with van der Waals surface area (Å²) in [5, 5.41) is 2.64. The Labute approximate surface area is 158 Å². The molecule has 5 nitrogen and oxygen atoms in total. The second-order valence-electron chi connectivity index (χ2n) is 6.29. The topological polar surface area (TPSA) is 58.1 Å². The molecule has 0 atom stereocenters. The molecule has 0 unspecified atom stereocenters. The normalized spacial score (nSPS) is 13.3. The van der Waals surface area contributed by atoms with Gasteiger partial charge in [0, 0.05) is 18.3 Å². The van der Waals surface area contributed by atoms with Gasteiger partial charge in [0.25, 0.3) is 5.91 Å². The van der Waals surface area contributed by atoms with Crippen molar-refractivity contribution in [2.45, 2.75) is 12.6 Å². The van der Waals surface area contributed by atoms with Gasteiger partial charge in [0.1, 0.15) is 17.8 Å². The third-order valence-electron chi connectivity index (χ3n) is 4.51. The highest BCUT2D eigenvalue weighted by Gasteiger charge is 2.33. The van der Waals surface area contributed by atoms with Crippen LogP contribution in [0.4, 0.5) is 30.4 Å². The number of benzene rings is 2. The lowest BCUT2D eigenvalue weighted by atomic mass is 10.1. The largest absolute Gasteiger partial charge is 0.418 e. The Hall–Kier alpha value is -3.42. The summed E-state index contributed by atoms with van der Waals surface area (Å²) in [6, 6.07) is 14.0. The number of fused-ring (bicyclic) bond motifs is 1. The zero-order chi connectivity index (χ0) is 19.7. The van der Waals surface area contributed by atoms with Gasteiger partial charge in [-0.2, -0.15) is 13.2 Å². The van der Waals surface area contributed by atoms with Gasteiger partial charge < -0.3 is 10.2 Å². The van der Waals surface area contributed by atoms with Crippen LogP contribution in [0.1, 0.15) is 21.6 Å². The zero-order valence-electron chi connectivity index (χ0n) is 14.6. The SMILES string of the molecule is O=C(c1cc(Nc2ccccc2C(F)(F)F)ncn1)N1CCc2ccccc21. The predicted octanol–water partition coefficient (Wildman–Crippen LogP) is 4.44. The zero-order valence-corrected chi connectivity index (χ0v) is 14.6. The maximum atomic E-state index is 13.2. The molecule has 0 fully saturated rings. The van der Waals surface area contributed by atoms with E-state index < -0.39 is 11.7 Å². The Morgan fingerprint density at radius 3 is 2.61 bits per heavy atom. The van der Waals surface area contributed by atoms with E-state index in [9.17, 15) is 18.0 Å². The number of para-hydroxylation sites is 2. The second kappa shape index (κ2) is 6.95. The summed E-state index contributed by atoms with van der Waals surface area (Å²) in [4.78, 5) is 22.4. The molecule has 0 aliphatic carbocycles. The monoisotopic (exact) mass is 384 g/mol. The van der Waals surface area contributed by atoms with Crippen LogP contribution in [-0.4, -0.2) is 22.4 Å². The van der Waals surface area contributed by atoms with Gasteiger partial charge in [-0.15, -0.1) is 0 Å². The third kappa shape index (κ3) is 3.40. The molecule has 142 valence electrons. The van der Waals surface area contributed by atoms with Crippen LogP contribution in [0.5, 0.6) is 0 Å². The van der Waals surface area contributed by atoms with Gasteiger partial charge in [-0.25, -0.2) is 9.97 Å². The van der Waals surface area contributed by atoms with Crippen molar-refractivity contribution in [3.8, 4) is 0 Å². The first-order valence-corrected chi connectivity index (χ1v) is 8.58. The molecule has 1 aliphatic heterocycles. The van der Waals surface area contributed by atoms with E-state index in [0.717, 1.165) is 30.1 Å². The molecule has 28 heavy (non-hydrogen) atoms. The molecule has 3 aromatic rings. The Kier molecular flexibility index (Phi) is 4.46. The lowest BCUT2D eigenvalue weighted by Crippen LogP contribution is -2.29. The van der Waals surface area contributed by atoms with Gasteiger partial charge >= 0.3 is 6.18 Å². The Morgan fingerprint density at radius 2 is 1.79 bits per heavy atom. The first-order valence-electron chi connectivity index (χ1n) is 8.58. The highest BCUT2D eigenvalue weighted by molar-refractivity contribution is 6.06. The van der Waals surface area contributed by atoms with Crippen LogP contribution in [0.25, 0.3) is 0 Å². The van der Waals surface area contributed by atoms with Crippen LogP contribution in [-0.2, 0) is 12.6 Å². The third-order valence-corrected chi connectivity index (χ3v) is 4.51. The number of amides is 1. The number of alkyl halides is 3. The van der Waals surface area contributed by atoms with Crippen molar-refractivity contribution in [1.82, 2.24) is 9.97 Å². The predicted molar refractivity (Wildman–Crippen MR) is 98.6 cm³/mol. The van der Waals surface area contributed by atoms with Crippen molar-refractivity contribution in [1.29, 1.82) is 0 Å². The minimum Gasteiger partial charge on any atom is -0.340 e. The summed E-state index contributed by atoms with van der Waals surface area (Å²) in [5.74, 6) is -0.206. The van der Waals surface area contributed by atoms with Crippen LogP contribution < -0.4 is 10.2 Å². The van der Waals surface area contributed by atoms with Crippen molar-refractivity contribution in [2.75, 3.05) is 16.8 Å². The van der Waals surface area contributed by atoms with Crippen LogP contribution in [0.3, 0.4) is 0 Å². The maximum absolute atomic E-state index is 13.2. The van der Waals surface area contributed by atoms with Crippen LogP contribution in [0.15, 0.2) is 60.9 Å². The standard InChI is InChI=1S/C20H15F3N4O/c21-20(22,23)14-6-2-3-7-15(14)26-18-11-16(24-12-25-18)19(28)27-10-9-13-5-1-4-8-17(13)27/h1-8,11-12H,9-10H2,(H,24,25,26). The van der Waals surface area contributed by atoms with Crippen LogP contribution >= 0.6 is 0 Å². The molecule has 1 N–H and O–H groups in total. The first kappa shape index (κ1) is 18.0. The molecule has 8 heteroatoms. The molecule has 1 amide bonds. The fourth-order valence-electron chi connectivity index (χ4n) is 3.21. The number of carbonyl (C=O) groups excluding carboxylic acids is 1. The quantitative estimate of drug-likeness (QED) is 0.725. The van der Waals surface area contributed by atoms with Crippen LogP contribution in [0.2, 0.25) is 0 Å². The van der Waals surface area contributed by atoms with Crippen LogP contribution in [0, 0.1) is 0 Å². The van der Waals surface area contributed by atoms with E-state index >= 15 is 0 Å². The van der Waals surface area contributed by atoms with E-state index in [-0.39, 0.29) is 23.1 Å². The molecular weight excluding hydrogens is 369 g/mol. The molecule has 0 saturated heterocycles. The number of anilines is 3. The summed E-state index contributed by atoms with van der Waals surface area (Å²) in [6.45, 7) is 0.530. The van der Waals surface area contributed by atoms with E-state index in [0.29, 0.717) is 6.54 Å². The number of nitrogens with one attached hydrogen (secondary N) is 1. The highest BCUT2D eigenvalue weighted by Crippen LogP contribution is 2.35. The Bertz CT molecular complexity index is 1040. The van der Waals surface area contributed by atoms with Gasteiger partial charge in [0.2, 0.25) is 0 Å². The summed E-state index contributed by atoms with van der Waals surface area (Å²) < 4.78 is 39.5. The van der Waals surface area contributed by atoms with E-state index in [4.69, 9.17) is 0 Å². The molecule has 0 saturated carbocycles. The average molecular weight is 384 g/mol.